The fraction of sp³-hybridized carbons (Fsp3) is 0.667. The van der Waals surface area contributed by atoms with Crippen molar-refractivity contribution in [3.05, 3.63) is 46.0 Å². The van der Waals surface area contributed by atoms with Gasteiger partial charge in [-0.25, -0.2) is 0 Å². The SMILES string of the molecule is CCCCOC(=O)C1Cc2c[nH]cc2CC1C(=O)OCCCC.CCCCc1[nH]c(CCCC)c2c1CC(C(=O)O)C(C(=O)O)C2. The number of carboxylic acid groups (broad SMARTS) is 2. The minimum atomic E-state index is -0.999. The lowest BCUT2D eigenvalue weighted by Gasteiger charge is -2.28. The van der Waals surface area contributed by atoms with Crippen LogP contribution >= 0.6 is 0 Å². The number of esters is 2. The molecular weight excluding hydrogens is 588 g/mol. The Labute approximate surface area is 273 Å². The molecule has 0 saturated heterocycles. The Morgan fingerprint density at radius 2 is 1.02 bits per heavy atom. The van der Waals surface area contributed by atoms with Gasteiger partial charge in [0.1, 0.15) is 0 Å². The van der Waals surface area contributed by atoms with Gasteiger partial charge in [-0.15, -0.1) is 0 Å². The Morgan fingerprint density at radius 3 is 1.37 bits per heavy atom. The number of ether oxygens (including phenoxy) is 2. The summed E-state index contributed by atoms with van der Waals surface area (Å²) in [4.78, 5) is 54.4. The van der Waals surface area contributed by atoms with Crippen LogP contribution in [0.25, 0.3) is 0 Å². The number of aromatic nitrogens is 2. The van der Waals surface area contributed by atoms with Gasteiger partial charge in [0.25, 0.3) is 0 Å². The van der Waals surface area contributed by atoms with Crippen LogP contribution < -0.4 is 0 Å². The van der Waals surface area contributed by atoms with E-state index in [1.807, 2.05) is 12.4 Å². The van der Waals surface area contributed by atoms with E-state index < -0.39 is 35.6 Å². The van der Waals surface area contributed by atoms with Crippen LogP contribution in [0.15, 0.2) is 12.4 Å². The van der Waals surface area contributed by atoms with E-state index in [0.717, 1.165) is 97.8 Å². The van der Waals surface area contributed by atoms with Crippen LogP contribution in [0.1, 0.15) is 113 Å². The third-order valence-corrected chi connectivity index (χ3v) is 9.31. The summed E-state index contributed by atoms with van der Waals surface area (Å²) in [7, 11) is 0. The van der Waals surface area contributed by atoms with Crippen molar-refractivity contribution in [1.29, 1.82) is 0 Å². The van der Waals surface area contributed by atoms with Crippen molar-refractivity contribution in [3.8, 4) is 0 Å². The topological polar surface area (TPSA) is 159 Å². The largest absolute Gasteiger partial charge is 0.481 e. The maximum atomic E-state index is 12.4. The number of H-pyrrole nitrogens is 2. The zero-order chi connectivity index (χ0) is 33.6. The van der Waals surface area contributed by atoms with Gasteiger partial charge in [-0.05, 0) is 86.5 Å². The number of nitrogens with one attached hydrogen (secondary N) is 2. The molecule has 2 aliphatic carbocycles. The second-order valence-electron chi connectivity index (χ2n) is 12.7. The van der Waals surface area contributed by atoms with Gasteiger partial charge in [-0.2, -0.15) is 0 Å². The molecule has 0 amide bonds. The summed E-state index contributed by atoms with van der Waals surface area (Å²) >= 11 is 0. The third kappa shape index (κ3) is 9.72. The molecule has 2 aliphatic rings. The molecule has 10 heteroatoms. The Kier molecular flexibility index (Phi) is 14.9. The molecule has 0 aromatic carbocycles. The molecule has 2 aromatic rings. The van der Waals surface area contributed by atoms with E-state index in [1.165, 1.54) is 0 Å². The molecule has 2 aromatic heterocycles. The number of carbonyl (C=O) groups is 4. The summed E-state index contributed by atoms with van der Waals surface area (Å²) in [5.41, 5.74) is 6.61. The molecule has 46 heavy (non-hydrogen) atoms. The number of carbonyl (C=O) groups excluding carboxylic acids is 2. The zero-order valence-electron chi connectivity index (χ0n) is 28.1. The molecule has 10 nitrogen and oxygen atoms in total. The summed E-state index contributed by atoms with van der Waals surface area (Å²) in [6, 6.07) is 0. The van der Waals surface area contributed by atoms with Crippen LogP contribution in [0.5, 0.6) is 0 Å². The summed E-state index contributed by atoms with van der Waals surface area (Å²) in [6.07, 6.45) is 15.3. The highest BCUT2D eigenvalue weighted by atomic mass is 16.5. The van der Waals surface area contributed by atoms with Gasteiger partial charge in [0, 0.05) is 23.8 Å². The maximum absolute atomic E-state index is 12.4. The van der Waals surface area contributed by atoms with Crippen molar-refractivity contribution in [3.63, 3.8) is 0 Å². The van der Waals surface area contributed by atoms with Gasteiger partial charge in [-0.1, -0.05) is 53.4 Å². The summed E-state index contributed by atoms with van der Waals surface area (Å²) < 4.78 is 10.7. The number of fused-ring (bicyclic) bond motifs is 2. The van der Waals surface area contributed by atoms with Gasteiger partial charge in [-0.3, -0.25) is 19.2 Å². The fourth-order valence-electron chi connectivity index (χ4n) is 6.48. The average Bonchev–Trinajstić information content (AvgIpc) is 3.65. The number of hydrogen-bond donors (Lipinski definition) is 4. The second-order valence-corrected chi connectivity index (χ2v) is 12.7. The molecule has 0 bridgehead atoms. The molecule has 0 radical (unpaired) electrons. The summed E-state index contributed by atoms with van der Waals surface area (Å²) in [5, 5.41) is 18.8. The molecule has 4 rings (SSSR count). The number of hydrogen-bond acceptors (Lipinski definition) is 6. The van der Waals surface area contributed by atoms with E-state index >= 15 is 0 Å². The molecule has 0 fully saturated rings. The molecular formula is C36H54N2O8. The lowest BCUT2D eigenvalue weighted by molar-refractivity contribution is -0.161. The molecule has 4 unspecified atom stereocenters. The first kappa shape index (κ1) is 36.9. The van der Waals surface area contributed by atoms with Crippen LogP contribution in [0.3, 0.4) is 0 Å². The quantitative estimate of drug-likeness (QED) is 0.124. The van der Waals surface area contributed by atoms with E-state index in [9.17, 15) is 29.4 Å². The van der Waals surface area contributed by atoms with Crippen molar-refractivity contribution in [2.75, 3.05) is 13.2 Å². The summed E-state index contributed by atoms with van der Waals surface area (Å²) in [6.45, 7) is 9.21. The Hall–Kier alpha value is -3.56. The molecule has 0 saturated carbocycles. The van der Waals surface area contributed by atoms with Crippen molar-refractivity contribution >= 4 is 23.9 Å². The lowest BCUT2D eigenvalue weighted by atomic mass is 9.75. The monoisotopic (exact) mass is 642 g/mol. The molecule has 256 valence electrons. The predicted octanol–water partition coefficient (Wildman–Crippen LogP) is 6.23. The van der Waals surface area contributed by atoms with Crippen molar-refractivity contribution in [1.82, 2.24) is 9.97 Å². The first-order valence-corrected chi connectivity index (χ1v) is 17.3. The number of carboxylic acids is 2. The molecule has 4 N–H and O–H groups in total. The van der Waals surface area contributed by atoms with E-state index in [2.05, 4.69) is 37.7 Å². The average molecular weight is 643 g/mol. The van der Waals surface area contributed by atoms with Gasteiger partial charge in [0.15, 0.2) is 0 Å². The minimum absolute atomic E-state index is 0.275. The Balaban J connectivity index is 0.000000250. The van der Waals surface area contributed by atoms with Gasteiger partial charge in [0.05, 0.1) is 36.9 Å². The highest BCUT2D eigenvalue weighted by Crippen LogP contribution is 2.36. The molecule has 2 heterocycles. The van der Waals surface area contributed by atoms with Crippen molar-refractivity contribution in [2.24, 2.45) is 23.7 Å². The van der Waals surface area contributed by atoms with E-state index in [0.29, 0.717) is 38.9 Å². The number of aliphatic carboxylic acids is 2. The highest BCUT2D eigenvalue weighted by Gasteiger charge is 2.41. The first-order valence-electron chi connectivity index (χ1n) is 17.3. The second kappa shape index (κ2) is 18.6. The van der Waals surface area contributed by atoms with Crippen molar-refractivity contribution in [2.45, 2.75) is 118 Å². The fourth-order valence-corrected chi connectivity index (χ4v) is 6.48. The first-order chi connectivity index (χ1) is 22.2. The lowest BCUT2D eigenvalue weighted by Crippen LogP contribution is -2.38. The van der Waals surface area contributed by atoms with E-state index in [-0.39, 0.29) is 11.9 Å². The van der Waals surface area contributed by atoms with Gasteiger partial charge in [0.2, 0.25) is 0 Å². The molecule has 4 atom stereocenters. The Bertz CT molecular complexity index is 1200. The van der Waals surface area contributed by atoms with E-state index in [1.54, 1.807) is 0 Å². The van der Waals surface area contributed by atoms with Crippen LogP contribution in [0.2, 0.25) is 0 Å². The number of unbranched alkanes of at least 4 members (excludes halogenated alkanes) is 4. The van der Waals surface area contributed by atoms with Crippen LogP contribution in [-0.4, -0.2) is 57.3 Å². The normalized spacial score (nSPS) is 20.1. The van der Waals surface area contributed by atoms with Crippen LogP contribution in [0.4, 0.5) is 0 Å². The number of rotatable bonds is 16. The third-order valence-electron chi connectivity index (χ3n) is 9.31. The summed E-state index contributed by atoms with van der Waals surface area (Å²) in [5.74, 6) is -5.08. The van der Waals surface area contributed by atoms with Crippen molar-refractivity contribution < 1.29 is 38.9 Å². The Morgan fingerprint density at radius 1 is 0.630 bits per heavy atom. The van der Waals surface area contributed by atoms with Crippen LogP contribution in [-0.2, 0) is 67.2 Å². The molecule has 0 aliphatic heterocycles. The van der Waals surface area contributed by atoms with E-state index in [4.69, 9.17) is 9.47 Å². The predicted molar refractivity (Wildman–Crippen MR) is 175 cm³/mol. The standard InChI is InChI=1S/2C18H27NO4/c1-3-5-7-22-17(20)15-9-13-11-19-12-14(13)10-16(15)18(21)23-8-6-4-2;1-3-5-7-15-11-9-13(17(20)21)14(18(22)23)10-12(11)16(19-15)8-6-4-2/h11-12,15-16,19H,3-10H2,1-2H3;13-14,19H,3-10H2,1-2H3,(H,20,21)(H,22,23). The maximum Gasteiger partial charge on any atom is 0.310 e. The number of aryl methyl sites for hydroxylation is 2. The zero-order valence-corrected chi connectivity index (χ0v) is 28.1. The van der Waals surface area contributed by atoms with Crippen LogP contribution in [0, 0.1) is 23.7 Å². The minimum Gasteiger partial charge on any atom is -0.481 e. The molecule has 0 spiro atoms. The number of aromatic amines is 2. The smallest absolute Gasteiger partial charge is 0.310 e. The highest BCUT2D eigenvalue weighted by molar-refractivity contribution is 5.83. The van der Waals surface area contributed by atoms with Gasteiger partial charge >= 0.3 is 23.9 Å². The van der Waals surface area contributed by atoms with Gasteiger partial charge < -0.3 is 29.7 Å².